The van der Waals surface area contributed by atoms with Gasteiger partial charge in [-0.15, -0.1) is 0 Å². The summed E-state index contributed by atoms with van der Waals surface area (Å²) in [5, 5.41) is 0.0359. The van der Waals surface area contributed by atoms with Gasteiger partial charge in [-0.25, -0.2) is 0 Å². The first-order valence-electron chi connectivity index (χ1n) is 8.65. The Morgan fingerprint density at radius 1 is 1.14 bits per heavy atom. The smallest absolute Gasteiger partial charge is 0.293 e. The Labute approximate surface area is 172 Å². The van der Waals surface area contributed by atoms with Crippen LogP contribution in [0.4, 0.5) is 4.79 Å². The van der Waals surface area contributed by atoms with Gasteiger partial charge in [0.2, 0.25) is 0 Å². The molecule has 0 unspecified atom stereocenters. The first-order chi connectivity index (χ1) is 13.3. The lowest BCUT2D eigenvalue weighted by Gasteiger charge is -2.13. The first-order valence-corrected chi connectivity index (χ1v) is 9.84. The van der Waals surface area contributed by atoms with Crippen LogP contribution in [0, 0.1) is 0 Å². The van der Waals surface area contributed by atoms with E-state index in [4.69, 9.17) is 16.3 Å². The monoisotopic (exact) mass is 415 g/mol. The zero-order valence-corrected chi connectivity index (χ0v) is 16.9. The molecule has 1 aliphatic heterocycles. The largest absolute Gasteiger partial charge is 0.490 e. The van der Waals surface area contributed by atoms with Crippen LogP contribution in [0.25, 0.3) is 6.08 Å². The highest BCUT2D eigenvalue weighted by Crippen LogP contribution is 2.34. The fraction of sp³-hybridized carbons (Fsp3) is 0.190. The average Bonchev–Trinajstić information content (AvgIpc) is 2.91. The van der Waals surface area contributed by atoms with Crippen LogP contribution in [0.2, 0.25) is 5.02 Å². The molecule has 0 radical (unpaired) electrons. The highest BCUT2D eigenvalue weighted by molar-refractivity contribution is 8.18. The molecule has 7 heteroatoms. The molecule has 1 saturated heterocycles. The molecular weight excluding hydrogens is 398 g/mol. The van der Waals surface area contributed by atoms with E-state index < -0.39 is 11.1 Å². The number of para-hydroxylation sites is 1. The van der Waals surface area contributed by atoms with Crippen LogP contribution < -0.4 is 4.74 Å². The van der Waals surface area contributed by atoms with E-state index in [1.807, 2.05) is 32.0 Å². The molecule has 0 bridgehead atoms. The summed E-state index contributed by atoms with van der Waals surface area (Å²) in [6, 6.07) is 13.6. The maximum atomic E-state index is 12.7. The molecule has 2 aromatic carbocycles. The Morgan fingerprint density at radius 2 is 1.82 bits per heavy atom. The molecule has 5 nitrogen and oxygen atoms in total. The minimum atomic E-state index is -0.489. The van der Waals surface area contributed by atoms with E-state index in [1.165, 1.54) is 0 Å². The third-order valence-electron chi connectivity index (χ3n) is 3.91. The summed E-state index contributed by atoms with van der Waals surface area (Å²) in [6.45, 7) is 3.51. The van der Waals surface area contributed by atoms with Crippen molar-refractivity contribution in [1.29, 1.82) is 0 Å². The Kier molecular flexibility index (Phi) is 6.21. The lowest BCUT2D eigenvalue weighted by Crippen LogP contribution is -2.33. The van der Waals surface area contributed by atoms with Gasteiger partial charge in [-0.2, -0.15) is 0 Å². The van der Waals surface area contributed by atoms with Gasteiger partial charge >= 0.3 is 0 Å². The number of amides is 2. The Hall–Kier alpha value is -2.57. The van der Waals surface area contributed by atoms with Crippen molar-refractivity contribution >= 4 is 46.4 Å². The van der Waals surface area contributed by atoms with Gasteiger partial charge in [-0.1, -0.05) is 29.8 Å². The number of thioether (sulfide) groups is 1. The zero-order chi connectivity index (χ0) is 20.3. The number of ketones is 1. The molecule has 1 heterocycles. The SMILES string of the molecule is CC(C)Oc1ccccc1/C=C1\SC(=O)N(CC(=O)c2ccc(Cl)cc2)C1=O. The van der Waals surface area contributed by atoms with E-state index in [-0.39, 0.29) is 23.3 Å². The van der Waals surface area contributed by atoms with Crippen molar-refractivity contribution in [3.63, 3.8) is 0 Å². The van der Waals surface area contributed by atoms with E-state index in [0.29, 0.717) is 21.9 Å². The maximum absolute atomic E-state index is 12.7. The summed E-state index contributed by atoms with van der Waals surface area (Å²) in [5.41, 5.74) is 1.09. The molecule has 0 aliphatic carbocycles. The lowest BCUT2D eigenvalue weighted by molar-refractivity contribution is -0.122. The number of ether oxygens (including phenoxy) is 1. The molecule has 1 fully saturated rings. The Balaban J connectivity index is 1.79. The fourth-order valence-corrected chi connectivity index (χ4v) is 3.56. The number of hydrogen-bond acceptors (Lipinski definition) is 5. The van der Waals surface area contributed by atoms with Crippen LogP contribution in [-0.4, -0.2) is 34.5 Å². The van der Waals surface area contributed by atoms with Crippen LogP contribution in [0.3, 0.4) is 0 Å². The summed E-state index contributed by atoms with van der Waals surface area (Å²) in [6.07, 6.45) is 1.59. The molecule has 0 atom stereocenters. The van der Waals surface area contributed by atoms with Crippen LogP contribution in [0.1, 0.15) is 29.8 Å². The van der Waals surface area contributed by atoms with Crippen molar-refractivity contribution in [1.82, 2.24) is 4.90 Å². The summed E-state index contributed by atoms with van der Waals surface area (Å²) in [7, 11) is 0. The third kappa shape index (κ3) is 4.64. The summed E-state index contributed by atoms with van der Waals surface area (Å²) in [4.78, 5) is 38.6. The van der Waals surface area contributed by atoms with Crippen molar-refractivity contribution in [2.45, 2.75) is 20.0 Å². The molecule has 0 N–H and O–H groups in total. The summed E-state index contributed by atoms with van der Waals surface area (Å²) >= 11 is 6.64. The van der Waals surface area contributed by atoms with Gasteiger partial charge in [0.25, 0.3) is 11.1 Å². The third-order valence-corrected chi connectivity index (χ3v) is 5.07. The van der Waals surface area contributed by atoms with Crippen LogP contribution in [-0.2, 0) is 4.79 Å². The number of hydrogen-bond donors (Lipinski definition) is 0. The predicted molar refractivity (Wildman–Crippen MR) is 111 cm³/mol. The fourth-order valence-electron chi connectivity index (χ4n) is 2.61. The van der Waals surface area contributed by atoms with Crippen molar-refractivity contribution in [3.05, 3.63) is 69.6 Å². The van der Waals surface area contributed by atoms with E-state index in [9.17, 15) is 14.4 Å². The van der Waals surface area contributed by atoms with Gasteiger partial charge in [0, 0.05) is 16.1 Å². The first kappa shape index (κ1) is 20.2. The summed E-state index contributed by atoms with van der Waals surface area (Å²) < 4.78 is 5.75. The van der Waals surface area contributed by atoms with Gasteiger partial charge in [-0.3, -0.25) is 19.3 Å². The van der Waals surface area contributed by atoms with Gasteiger partial charge in [0.15, 0.2) is 5.78 Å². The molecule has 144 valence electrons. The molecular formula is C21H18ClNO4S. The van der Waals surface area contributed by atoms with E-state index in [0.717, 1.165) is 16.7 Å². The number of benzene rings is 2. The topological polar surface area (TPSA) is 63.7 Å². The van der Waals surface area contributed by atoms with E-state index in [1.54, 1.807) is 36.4 Å². The number of halogens is 1. The van der Waals surface area contributed by atoms with Crippen LogP contribution >= 0.6 is 23.4 Å². The molecule has 2 amide bonds. The second-order valence-electron chi connectivity index (χ2n) is 6.40. The van der Waals surface area contributed by atoms with Gasteiger partial charge in [0.05, 0.1) is 17.6 Å². The quantitative estimate of drug-likeness (QED) is 0.488. The Bertz CT molecular complexity index is 953. The number of carbonyl (C=O) groups excluding carboxylic acids is 3. The zero-order valence-electron chi connectivity index (χ0n) is 15.3. The second kappa shape index (κ2) is 8.63. The van der Waals surface area contributed by atoms with Crippen molar-refractivity contribution in [3.8, 4) is 5.75 Å². The average molecular weight is 416 g/mol. The molecule has 0 aromatic heterocycles. The number of rotatable bonds is 6. The number of nitrogens with zero attached hydrogens (tertiary/aromatic N) is 1. The van der Waals surface area contributed by atoms with E-state index in [2.05, 4.69) is 0 Å². The molecule has 28 heavy (non-hydrogen) atoms. The standard InChI is InChI=1S/C21H18ClNO4S/c1-13(2)27-18-6-4-3-5-15(18)11-19-20(25)23(21(26)28-19)12-17(24)14-7-9-16(22)10-8-14/h3-11,13H,12H2,1-2H3/b19-11-. The highest BCUT2D eigenvalue weighted by atomic mass is 35.5. The van der Waals surface area contributed by atoms with Crippen molar-refractivity contribution < 1.29 is 19.1 Å². The van der Waals surface area contributed by atoms with Crippen LogP contribution in [0.15, 0.2) is 53.4 Å². The molecule has 0 spiro atoms. The lowest BCUT2D eigenvalue weighted by atomic mass is 10.1. The van der Waals surface area contributed by atoms with Gasteiger partial charge in [0.1, 0.15) is 5.75 Å². The molecule has 2 aromatic rings. The normalized spacial score (nSPS) is 15.6. The second-order valence-corrected chi connectivity index (χ2v) is 7.83. The minimum absolute atomic E-state index is 0.0263. The minimum Gasteiger partial charge on any atom is -0.490 e. The molecule has 1 aliphatic rings. The summed E-state index contributed by atoms with van der Waals surface area (Å²) in [5.74, 6) is -0.193. The number of Topliss-reactive ketones (excluding diaryl/α,β-unsaturated/α-hetero) is 1. The molecule has 0 saturated carbocycles. The van der Waals surface area contributed by atoms with Gasteiger partial charge < -0.3 is 4.74 Å². The van der Waals surface area contributed by atoms with Crippen molar-refractivity contribution in [2.75, 3.05) is 6.54 Å². The Morgan fingerprint density at radius 3 is 2.50 bits per heavy atom. The van der Waals surface area contributed by atoms with Crippen molar-refractivity contribution in [2.24, 2.45) is 0 Å². The van der Waals surface area contributed by atoms with Gasteiger partial charge in [-0.05, 0) is 62.0 Å². The number of imide groups is 1. The predicted octanol–water partition coefficient (Wildman–Crippen LogP) is 5.05. The number of carbonyl (C=O) groups is 3. The van der Waals surface area contributed by atoms with E-state index >= 15 is 0 Å². The highest BCUT2D eigenvalue weighted by Gasteiger charge is 2.36. The van der Waals surface area contributed by atoms with Crippen LogP contribution in [0.5, 0.6) is 5.75 Å². The molecule has 3 rings (SSSR count). The maximum Gasteiger partial charge on any atom is 0.293 e.